The number of rotatable bonds is 11. The zero-order valence-corrected chi connectivity index (χ0v) is 45.7. The van der Waals surface area contributed by atoms with Crippen molar-refractivity contribution >= 4 is 55.9 Å². The van der Waals surface area contributed by atoms with E-state index >= 15 is 0 Å². The fourth-order valence-corrected chi connectivity index (χ4v) is 9.00. The third kappa shape index (κ3) is 13.7. The Hall–Kier alpha value is -7.92. The molecule has 3 aliphatic heterocycles. The molecule has 7 amide bonds. The number of carbonyl (C=O) groups is 7. The summed E-state index contributed by atoms with van der Waals surface area (Å²) < 4.78 is 0. The minimum atomic E-state index is -1.29. The van der Waals surface area contributed by atoms with Crippen LogP contribution in [0.4, 0.5) is 9.59 Å². The van der Waals surface area contributed by atoms with Crippen LogP contribution in [0.3, 0.4) is 0 Å². The standard InChI is InChI=1S/C13H17N3O.C13H16N2O2.C12H14N2O2.C11H15NO2.C10H12O.CH4.B.H2/c1-9(2)13(10-7-5-4-6-8-10)11(17)16(3)12(14)15-13;1-9(2)13(10-7-5-4-6-8-10)11(16)15(3)12(17)14-13;1-8(2)12(9-6-4-3-5-7-9)10(15)13-11(16)14-12;1-8(2)11(12,10(13)14)9-6-4-3-5-7-9;1-8(2)10(11)9-6-4-3-5-7-9;;;/h4-9H,1-3H3,(H2,14,15);4-9H,1-3H3,(H,14,17);3-8H,1-2H3,(H2,13,14,15,16);3-8H,12H2,1-2H3,(H,13,14);3-8H,1-2H3;1H4;;1H/i;;;;;;;1+1. The molecule has 0 saturated carbocycles. The van der Waals surface area contributed by atoms with Crippen LogP contribution in [0.1, 0.15) is 111 Å². The highest BCUT2D eigenvalue weighted by Gasteiger charge is 2.54. The maximum Gasteiger partial charge on any atom is 0.328 e. The number of amides is 7. The summed E-state index contributed by atoms with van der Waals surface area (Å²) in [4.78, 5) is 89.1. The molecule has 0 bridgehead atoms. The summed E-state index contributed by atoms with van der Waals surface area (Å²) in [5.41, 5.74) is 11.7. The molecule has 0 aliphatic carbocycles. The lowest BCUT2D eigenvalue weighted by Crippen LogP contribution is -2.49. The van der Waals surface area contributed by atoms with Gasteiger partial charge in [-0.15, -0.1) is 0 Å². The van der Waals surface area contributed by atoms with Gasteiger partial charge < -0.3 is 27.2 Å². The van der Waals surface area contributed by atoms with Crippen molar-refractivity contribution in [2.24, 2.45) is 46.0 Å². The highest BCUT2D eigenvalue weighted by atomic mass is 16.4. The molecule has 3 radical (unpaired) electrons. The lowest BCUT2D eigenvalue weighted by molar-refractivity contribution is -0.145. The van der Waals surface area contributed by atoms with Crippen molar-refractivity contribution in [1.82, 2.24) is 25.8 Å². The number of hydrogen-bond donors (Lipinski definition) is 6. The van der Waals surface area contributed by atoms with Crippen LogP contribution < -0.4 is 27.4 Å². The number of Topliss-reactive ketones (excluding diaryl/α,β-unsaturated/α-hetero) is 1. The average Bonchev–Trinajstić information content (AvgIpc) is 3.95. The number of nitrogens with one attached hydrogen (secondary N) is 3. The summed E-state index contributed by atoms with van der Waals surface area (Å²) >= 11 is 0. The van der Waals surface area contributed by atoms with E-state index in [0.717, 1.165) is 27.2 Å². The van der Waals surface area contributed by atoms with Crippen LogP contribution in [-0.2, 0) is 41.3 Å². The number of likely N-dealkylation sites (N-methyl/N-ethyl adjacent to an activating group) is 2. The van der Waals surface area contributed by atoms with Crippen LogP contribution in [0.5, 0.6) is 0 Å². The van der Waals surface area contributed by atoms with E-state index in [4.69, 9.17) is 16.6 Å². The lowest BCUT2D eigenvalue weighted by Gasteiger charge is -2.31. The highest BCUT2D eigenvalue weighted by molar-refractivity contribution is 6.09. The zero-order valence-electron chi connectivity index (χ0n) is 45.7. The Morgan fingerprint density at radius 1 is 0.584 bits per heavy atom. The van der Waals surface area contributed by atoms with Crippen molar-refractivity contribution in [3.05, 3.63) is 179 Å². The molecule has 411 valence electrons. The molecule has 4 unspecified atom stereocenters. The SMILES string of the molecule is C.CC(C)C(=O)c1ccccc1.CC(C)C(N)(C(=O)O)c1ccccc1.CC(C)C1(c2ccccc2)N=C(N)N(C)C1=O.CC(C)C1(c2ccccc2)NC(=O)N(C)C1=O.CC(C)C1(c2ccccc2)NC(=O)NC1=O.[2HH].[B]. The van der Waals surface area contributed by atoms with Crippen molar-refractivity contribution in [2.45, 2.75) is 98.8 Å². The molecule has 3 heterocycles. The molecule has 0 spiro atoms. The number of ketones is 1. The minimum absolute atomic E-state index is 0. The summed E-state index contributed by atoms with van der Waals surface area (Å²) in [6.07, 6.45) is 0. The number of hydrogen-bond acceptors (Lipinski definition) is 10. The fourth-order valence-electron chi connectivity index (χ4n) is 9.00. The summed E-state index contributed by atoms with van der Waals surface area (Å²) in [6, 6.07) is 45.8. The molecule has 4 atom stereocenters. The number of nitrogens with zero attached hydrogens (tertiary/aromatic N) is 3. The molecule has 17 heteroatoms. The van der Waals surface area contributed by atoms with Gasteiger partial charge in [0.25, 0.3) is 17.7 Å². The first-order valence-electron chi connectivity index (χ1n) is 25.0. The third-order valence-corrected chi connectivity index (χ3v) is 13.8. The number of urea groups is 2. The maximum atomic E-state index is 12.4. The smallest absolute Gasteiger partial charge is 0.328 e. The van der Waals surface area contributed by atoms with Gasteiger partial charge in [-0.05, 0) is 45.9 Å². The second kappa shape index (κ2) is 27.7. The van der Waals surface area contributed by atoms with Crippen molar-refractivity contribution in [3.8, 4) is 0 Å². The van der Waals surface area contributed by atoms with Crippen LogP contribution in [-0.4, -0.2) is 84.9 Å². The quantitative estimate of drug-likeness (QED) is 0.0416. The van der Waals surface area contributed by atoms with Gasteiger partial charge in [0.05, 0.1) is 0 Å². The van der Waals surface area contributed by atoms with E-state index in [0.29, 0.717) is 5.56 Å². The number of carboxylic acid groups (broad SMARTS) is 1. The zero-order chi connectivity index (χ0) is 56.1. The molecule has 8 N–H and O–H groups in total. The van der Waals surface area contributed by atoms with E-state index in [1.807, 2.05) is 183 Å². The Morgan fingerprint density at radius 2 is 0.987 bits per heavy atom. The van der Waals surface area contributed by atoms with E-state index in [9.17, 15) is 33.6 Å². The monoisotopic (exact) mass is 1050 g/mol. The molecule has 77 heavy (non-hydrogen) atoms. The van der Waals surface area contributed by atoms with Gasteiger partial charge in [-0.3, -0.25) is 34.3 Å². The Kier molecular flexibility index (Phi) is 23.5. The van der Waals surface area contributed by atoms with Crippen LogP contribution in [0.25, 0.3) is 0 Å². The van der Waals surface area contributed by atoms with E-state index in [1.54, 1.807) is 45.2 Å². The lowest BCUT2D eigenvalue weighted by atomic mass is 9.80. The molecule has 16 nitrogen and oxygen atoms in total. The molecule has 2 saturated heterocycles. The summed E-state index contributed by atoms with van der Waals surface area (Å²) in [6.45, 7) is 19.1. The molecule has 2 fully saturated rings. The summed E-state index contributed by atoms with van der Waals surface area (Å²) in [5.74, 6) is -1.04. The van der Waals surface area contributed by atoms with Crippen LogP contribution in [0.2, 0.25) is 0 Å². The molecule has 8 rings (SSSR count). The molecule has 5 aromatic rings. The number of imide groups is 2. The number of benzene rings is 5. The van der Waals surface area contributed by atoms with E-state index in [2.05, 4.69) is 20.9 Å². The fraction of sp³-hybridized carbons (Fsp3) is 0.367. The van der Waals surface area contributed by atoms with Gasteiger partial charge in [0.15, 0.2) is 17.3 Å². The summed E-state index contributed by atoms with van der Waals surface area (Å²) in [5, 5.41) is 17.0. The second-order valence-electron chi connectivity index (χ2n) is 20.1. The average molecular weight is 1050 g/mol. The second-order valence-corrected chi connectivity index (χ2v) is 20.1. The van der Waals surface area contributed by atoms with E-state index in [1.165, 1.54) is 11.9 Å². The van der Waals surface area contributed by atoms with Gasteiger partial charge in [-0.1, -0.05) is 228 Å². The van der Waals surface area contributed by atoms with Crippen molar-refractivity contribution in [3.63, 3.8) is 0 Å². The molecular formula is C60H80BN8O8. The number of aliphatic carboxylic acids is 1. The molecular weight excluding hydrogens is 972 g/mol. The Balaban J connectivity index is 0.000000486. The number of guanidine groups is 1. The molecule has 3 aliphatic rings. The number of carbonyl (C=O) groups excluding carboxylic acids is 6. The topological polar surface area (TPSA) is 247 Å². The number of nitrogens with two attached hydrogens (primary N) is 2. The van der Waals surface area contributed by atoms with E-state index in [-0.39, 0.29) is 82.4 Å². The Morgan fingerprint density at radius 3 is 1.30 bits per heavy atom. The van der Waals surface area contributed by atoms with Gasteiger partial charge in [-0.25, -0.2) is 19.4 Å². The van der Waals surface area contributed by atoms with Gasteiger partial charge in [0.1, 0.15) is 16.6 Å². The van der Waals surface area contributed by atoms with Crippen LogP contribution in [0, 0.1) is 29.6 Å². The van der Waals surface area contributed by atoms with Crippen molar-refractivity contribution in [2.75, 3.05) is 14.1 Å². The first-order valence-corrected chi connectivity index (χ1v) is 25.0. The predicted octanol–water partition coefficient (Wildman–Crippen LogP) is 9.03. The van der Waals surface area contributed by atoms with Gasteiger partial charge in [-0.2, -0.15) is 0 Å². The maximum absolute atomic E-state index is 12.4. The molecule has 0 aromatic heterocycles. The van der Waals surface area contributed by atoms with Crippen molar-refractivity contribution < 1.29 is 40.1 Å². The first-order chi connectivity index (χ1) is 35.3. The van der Waals surface area contributed by atoms with Gasteiger partial charge >= 0.3 is 18.0 Å². The van der Waals surface area contributed by atoms with Gasteiger partial charge in [0, 0.05) is 35.4 Å². The first kappa shape index (κ1) is 65.2. The van der Waals surface area contributed by atoms with Gasteiger partial charge in [0.2, 0.25) is 0 Å². The van der Waals surface area contributed by atoms with E-state index < -0.39 is 34.2 Å². The highest BCUT2D eigenvalue weighted by Crippen LogP contribution is 2.39. The van der Waals surface area contributed by atoms with Crippen LogP contribution >= 0.6 is 0 Å². The number of carboxylic acids is 1. The normalized spacial score (nSPS) is 20.0. The Bertz CT molecular complexity index is 2810. The van der Waals surface area contributed by atoms with Crippen molar-refractivity contribution in [1.29, 1.82) is 0 Å². The predicted molar refractivity (Wildman–Crippen MR) is 306 cm³/mol. The largest absolute Gasteiger partial charge is 0.480 e. The summed E-state index contributed by atoms with van der Waals surface area (Å²) in [7, 11) is 3.17. The number of aliphatic imine (C=N–C) groups is 1. The third-order valence-electron chi connectivity index (χ3n) is 13.8. The molecule has 5 aromatic carbocycles. The van der Waals surface area contributed by atoms with Crippen LogP contribution in [0.15, 0.2) is 157 Å². The minimum Gasteiger partial charge on any atom is -0.480 e. The Labute approximate surface area is 458 Å².